The van der Waals surface area contributed by atoms with E-state index in [4.69, 9.17) is 0 Å². The van der Waals surface area contributed by atoms with Crippen LogP contribution < -0.4 is 11.2 Å². The topological polar surface area (TPSA) is 112 Å². The van der Waals surface area contributed by atoms with Crippen molar-refractivity contribution in [3.8, 4) is 0 Å². The standard InChI is InChI=1S/C14H15N5O3/c20-12-10(6-17-14(22)18-12)13(21)19-5-1-2-9(8-19)11-7-15-3-4-16-11/h3-4,6-7,9H,1-2,5,8H2,(H2,17,18,20,22). The summed E-state index contributed by atoms with van der Waals surface area (Å²) < 4.78 is 0. The number of piperidine rings is 1. The Hall–Kier alpha value is -2.77. The highest BCUT2D eigenvalue weighted by molar-refractivity contribution is 5.93. The van der Waals surface area contributed by atoms with E-state index in [1.807, 2.05) is 0 Å². The molecule has 3 rings (SSSR count). The van der Waals surface area contributed by atoms with Crippen LogP contribution in [-0.4, -0.2) is 43.8 Å². The largest absolute Gasteiger partial charge is 0.338 e. The lowest BCUT2D eigenvalue weighted by Crippen LogP contribution is -2.42. The normalized spacial score (nSPS) is 18.2. The predicted molar refractivity (Wildman–Crippen MR) is 77.6 cm³/mol. The third-order valence-corrected chi connectivity index (χ3v) is 3.76. The molecule has 2 aromatic rings. The van der Waals surface area contributed by atoms with Gasteiger partial charge in [0.1, 0.15) is 5.56 Å². The van der Waals surface area contributed by atoms with Gasteiger partial charge in [-0.1, -0.05) is 0 Å². The summed E-state index contributed by atoms with van der Waals surface area (Å²) >= 11 is 0. The van der Waals surface area contributed by atoms with Gasteiger partial charge < -0.3 is 9.88 Å². The monoisotopic (exact) mass is 301 g/mol. The molecule has 114 valence electrons. The average Bonchev–Trinajstić information content (AvgIpc) is 2.55. The molecule has 1 atom stereocenters. The maximum atomic E-state index is 12.5. The minimum absolute atomic E-state index is 0.0561. The molecule has 8 heteroatoms. The van der Waals surface area contributed by atoms with E-state index in [1.165, 1.54) is 0 Å². The minimum Gasteiger partial charge on any atom is -0.338 e. The fourth-order valence-electron chi connectivity index (χ4n) is 2.66. The van der Waals surface area contributed by atoms with Crippen LogP contribution in [0, 0.1) is 0 Å². The Morgan fingerprint density at radius 3 is 2.91 bits per heavy atom. The van der Waals surface area contributed by atoms with Crippen LogP contribution in [0.5, 0.6) is 0 Å². The van der Waals surface area contributed by atoms with Crippen molar-refractivity contribution in [1.82, 2.24) is 24.8 Å². The van der Waals surface area contributed by atoms with E-state index >= 15 is 0 Å². The Labute approximate surface area is 125 Å². The van der Waals surface area contributed by atoms with Crippen molar-refractivity contribution in [2.75, 3.05) is 13.1 Å². The second kappa shape index (κ2) is 5.92. The fraction of sp³-hybridized carbons (Fsp3) is 0.357. The van der Waals surface area contributed by atoms with Gasteiger partial charge in [0.05, 0.1) is 5.69 Å². The van der Waals surface area contributed by atoms with E-state index in [2.05, 4.69) is 19.9 Å². The SMILES string of the molecule is O=C(c1c[nH]c(=O)[nH]c1=O)N1CCCC(c2cnccn2)C1. The quantitative estimate of drug-likeness (QED) is 0.802. The Morgan fingerprint density at radius 2 is 2.18 bits per heavy atom. The number of hydrogen-bond donors (Lipinski definition) is 2. The Kier molecular flexibility index (Phi) is 3.82. The van der Waals surface area contributed by atoms with E-state index in [9.17, 15) is 14.4 Å². The summed E-state index contributed by atoms with van der Waals surface area (Å²) in [5, 5.41) is 0. The highest BCUT2D eigenvalue weighted by atomic mass is 16.2. The molecule has 0 spiro atoms. The first kappa shape index (κ1) is 14.2. The maximum absolute atomic E-state index is 12.5. The van der Waals surface area contributed by atoms with Gasteiger partial charge >= 0.3 is 5.69 Å². The molecule has 3 heterocycles. The molecule has 1 amide bonds. The zero-order chi connectivity index (χ0) is 15.5. The molecule has 8 nitrogen and oxygen atoms in total. The molecule has 0 radical (unpaired) electrons. The molecular weight excluding hydrogens is 286 g/mol. The fourth-order valence-corrected chi connectivity index (χ4v) is 2.66. The van der Waals surface area contributed by atoms with Gasteiger partial charge in [-0.05, 0) is 12.8 Å². The first-order valence-electron chi connectivity index (χ1n) is 7.02. The number of carbonyl (C=O) groups excluding carboxylic acids is 1. The van der Waals surface area contributed by atoms with Crippen LogP contribution in [-0.2, 0) is 0 Å². The van der Waals surface area contributed by atoms with Gasteiger partial charge in [-0.2, -0.15) is 0 Å². The van der Waals surface area contributed by atoms with E-state index in [0.29, 0.717) is 13.1 Å². The van der Waals surface area contributed by atoms with Crippen molar-refractivity contribution in [2.24, 2.45) is 0 Å². The van der Waals surface area contributed by atoms with Crippen LogP contribution in [0.3, 0.4) is 0 Å². The van der Waals surface area contributed by atoms with Crippen LogP contribution in [0.2, 0.25) is 0 Å². The van der Waals surface area contributed by atoms with Crippen molar-refractivity contribution in [1.29, 1.82) is 0 Å². The molecule has 0 aliphatic carbocycles. The third kappa shape index (κ3) is 2.80. The van der Waals surface area contributed by atoms with Gasteiger partial charge in [-0.25, -0.2) is 4.79 Å². The van der Waals surface area contributed by atoms with E-state index < -0.39 is 11.2 Å². The first-order chi connectivity index (χ1) is 10.6. The van der Waals surface area contributed by atoms with Gasteiger partial charge in [0.25, 0.3) is 11.5 Å². The van der Waals surface area contributed by atoms with Crippen molar-refractivity contribution in [3.05, 3.63) is 56.9 Å². The lowest BCUT2D eigenvalue weighted by atomic mass is 9.94. The molecule has 0 aromatic carbocycles. The summed E-state index contributed by atoms with van der Waals surface area (Å²) in [6, 6.07) is 0. The number of carbonyl (C=O) groups is 1. The lowest BCUT2D eigenvalue weighted by Gasteiger charge is -2.32. The van der Waals surface area contributed by atoms with E-state index in [1.54, 1.807) is 23.5 Å². The van der Waals surface area contributed by atoms with E-state index in [0.717, 1.165) is 24.7 Å². The molecule has 0 bridgehead atoms. The van der Waals surface area contributed by atoms with Crippen LogP contribution in [0.25, 0.3) is 0 Å². The number of aromatic nitrogens is 4. The van der Waals surface area contributed by atoms with Gasteiger partial charge in [-0.15, -0.1) is 0 Å². The van der Waals surface area contributed by atoms with Gasteiger partial charge in [0, 0.05) is 43.8 Å². The zero-order valence-corrected chi connectivity index (χ0v) is 11.8. The van der Waals surface area contributed by atoms with Crippen molar-refractivity contribution in [3.63, 3.8) is 0 Å². The molecule has 2 aromatic heterocycles. The van der Waals surface area contributed by atoms with Crippen LogP contribution in [0.1, 0.15) is 34.8 Å². The summed E-state index contributed by atoms with van der Waals surface area (Å²) in [6.45, 7) is 1.06. The Bertz CT molecular complexity index is 783. The Balaban J connectivity index is 1.81. The second-order valence-electron chi connectivity index (χ2n) is 5.21. The average molecular weight is 301 g/mol. The second-order valence-corrected chi connectivity index (χ2v) is 5.21. The summed E-state index contributed by atoms with van der Waals surface area (Å²) in [4.78, 5) is 49.6. The summed E-state index contributed by atoms with van der Waals surface area (Å²) in [7, 11) is 0. The molecule has 1 fully saturated rings. The number of amides is 1. The van der Waals surface area contributed by atoms with Crippen LogP contribution in [0.4, 0.5) is 0 Å². The number of nitrogens with one attached hydrogen (secondary N) is 2. The van der Waals surface area contributed by atoms with Gasteiger partial charge in [0.15, 0.2) is 0 Å². The van der Waals surface area contributed by atoms with Gasteiger partial charge in [-0.3, -0.25) is 24.5 Å². The maximum Gasteiger partial charge on any atom is 0.325 e. The summed E-state index contributed by atoms with van der Waals surface area (Å²) in [6.07, 6.45) is 7.84. The smallest absolute Gasteiger partial charge is 0.325 e. The van der Waals surface area contributed by atoms with Gasteiger partial charge in [0.2, 0.25) is 0 Å². The summed E-state index contributed by atoms with van der Waals surface area (Å²) in [5.74, 6) is -0.278. The minimum atomic E-state index is -0.671. The molecule has 1 aliphatic heterocycles. The first-order valence-corrected chi connectivity index (χ1v) is 7.02. The van der Waals surface area contributed by atoms with Crippen molar-refractivity contribution >= 4 is 5.91 Å². The Morgan fingerprint density at radius 1 is 1.32 bits per heavy atom. The third-order valence-electron chi connectivity index (χ3n) is 3.76. The molecule has 1 saturated heterocycles. The predicted octanol–water partition coefficient (Wildman–Crippen LogP) is -0.127. The molecule has 1 aliphatic rings. The van der Waals surface area contributed by atoms with E-state index in [-0.39, 0.29) is 17.4 Å². The number of H-pyrrole nitrogens is 2. The molecule has 1 unspecified atom stereocenters. The lowest BCUT2D eigenvalue weighted by molar-refractivity contribution is 0.0703. The van der Waals surface area contributed by atoms with Crippen LogP contribution in [0.15, 0.2) is 34.4 Å². The summed E-state index contributed by atoms with van der Waals surface area (Å²) in [5.41, 5.74) is -0.511. The zero-order valence-electron chi connectivity index (χ0n) is 11.8. The van der Waals surface area contributed by atoms with Crippen LogP contribution >= 0.6 is 0 Å². The van der Waals surface area contributed by atoms with Crippen molar-refractivity contribution in [2.45, 2.75) is 18.8 Å². The number of hydrogen-bond acceptors (Lipinski definition) is 5. The molecule has 2 N–H and O–H groups in total. The number of likely N-dealkylation sites (tertiary alicyclic amines) is 1. The highest BCUT2D eigenvalue weighted by Gasteiger charge is 2.27. The van der Waals surface area contributed by atoms with Crippen molar-refractivity contribution < 1.29 is 4.79 Å². The highest BCUT2D eigenvalue weighted by Crippen LogP contribution is 2.25. The molecule has 22 heavy (non-hydrogen) atoms. The number of nitrogens with zero attached hydrogens (tertiary/aromatic N) is 3. The number of rotatable bonds is 2. The molecular formula is C14H15N5O3. The molecule has 0 saturated carbocycles. The number of aromatic amines is 2.